The Balaban J connectivity index is 1.54. The number of hydrogen-bond donors (Lipinski definition) is 0. The van der Waals surface area contributed by atoms with Crippen LogP contribution in [0.3, 0.4) is 0 Å². The van der Waals surface area contributed by atoms with Crippen LogP contribution in [0.1, 0.15) is 29.9 Å². The van der Waals surface area contributed by atoms with Crippen LogP contribution in [-0.4, -0.2) is 55.6 Å². The Kier molecular flexibility index (Phi) is 6.42. The fourth-order valence-corrected chi connectivity index (χ4v) is 5.31. The molecular formula is C24H28ClFN2O2. The van der Waals surface area contributed by atoms with Crippen LogP contribution in [0.25, 0.3) is 0 Å². The van der Waals surface area contributed by atoms with Crippen molar-refractivity contribution in [3.63, 3.8) is 0 Å². The van der Waals surface area contributed by atoms with Gasteiger partial charge < -0.3 is 9.64 Å². The molecule has 1 spiro atoms. The summed E-state index contributed by atoms with van der Waals surface area (Å²) in [5.41, 5.74) is 2.10. The summed E-state index contributed by atoms with van der Waals surface area (Å²) in [6.07, 6.45) is 1.89. The highest BCUT2D eigenvalue weighted by molar-refractivity contribution is 6.30. The maximum atomic E-state index is 14.4. The van der Waals surface area contributed by atoms with Crippen LogP contribution in [0, 0.1) is 11.2 Å². The molecule has 30 heavy (non-hydrogen) atoms. The number of amides is 1. The standard InChI is InChI=1S/C24H28ClFN2O2/c1-30-16-23(29)28-11-9-24(10-12-28)17-27(14-19-7-8-20(25)13-22(19)26)15-21(24)18-5-3-2-4-6-18/h2-8,13,21H,9-12,14-17H2,1H3/t21-/m1/s1. The third-order valence-corrected chi connectivity index (χ3v) is 6.94. The van der Waals surface area contributed by atoms with Crippen molar-refractivity contribution in [3.8, 4) is 0 Å². The highest BCUT2D eigenvalue weighted by atomic mass is 35.5. The topological polar surface area (TPSA) is 32.8 Å². The zero-order valence-corrected chi connectivity index (χ0v) is 18.1. The number of methoxy groups -OCH3 is 1. The van der Waals surface area contributed by atoms with Gasteiger partial charge in [-0.25, -0.2) is 4.39 Å². The minimum absolute atomic E-state index is 0.0571. The Morgan fingerprint density at radius 3 is 2.60 bits per heavy atom. The number of piperidine rings is 1. The monoisotopic (exact) mass is 430 g/mol. The molecule has 0 saturated carbocycles. The summed E-state index contributed by atoms with van der Waals surface area (Å²) in [5, 5.41) is 0.421. The molecule has 0 bridgehead atoms. The summed E-state index contributed by atoms with van der Waals surface area (Å²) in [4.78, 5) is 16.5. The smallest absolute Gasteiger partial charge is 0.248 e. The summed E-state index contributed by atoms with van der Waals surface area (Å²) >= 11 is 5.92. The lowest BCUT2D eigenvalue weighted by Crippen LogP contribution is -2.47. The molecule has 2 fully saturated rings. The summed E-state index contributed by atoms with van der Waals surface area (Å²) in [6.45, 7) is 3.99. The molecule has 1 atom stereocenters. The molecule has 4 nitrogen and oxygen atoms in total. The number of hydrogen-bond acceptors (Lipinski definition) is 3. The number of halogens is 2. The quantitative estimate of drug-likeness (QED) is 0.707. The van der Waals surface area contributed by atoms with Gasteiger partial charge in [-0.05, 0) is 36.0 Å². The maximum Gasteiger partial charge on any atom is 0.248 e. The molecule has 4 rings (SSSR count). The first-order valence-corrected chi connectivity index (χ1v) is 10.9. The zero-order chi connectivity index (χ0) is 21.1. The molecule has 0 radical (unpaired) electrons. The number of likely N-dealkylation sites (tertiary alicyclic amines) is 2. The van der Waals surface area contributed by atoms with Crippen molar-refractivity contribution in [2.24, 2.45) is 5.41 Å². The second kappa shape index (κ2) is 9.04. The Labute approximate surface area is 182 Å². The molecule has 2 heterocycles. The van der Waals surface area contributed by atoms with Crippen LogP contribution in [0.4, 0.5) is 4.39 Å². The molecule has 2 aliphatic rings. The Morgan fingerprint density at radius 2 is 1.93 bits per heavy atom. The van der Waals surface area contributed by atoms with Gasteiger partial charge >= 0.3 is 0 Å². The molecule has 0 N–H and O–H groups in total. The van der Waals surface area contributed by atoms with E-state index in [1.165, 1.54) is 11.6 Å². The first-order valence-electron chi connectivity index (χ1n) is 10.5. The van der Waals surface area contributed by atoms with E-state index in [9.17, 15) is 9.18 Å². The van der Waals surface area contributed by atoms with Crippen molar-refractivity contribution in [1.29, 1.82) is 0 Å². The van der Waals surface area contributed by atoms with E-state index in [-0.39, 0.29) is 23.7 Å². The largest absolute Gasteiger partial charge is 0.375 e. The number of carbonyl (C=O) groups excluding carboxylic acids is 1. The Hall–Kier alpha value is -1.95. The van der Waals surface area contributed by atoms with Crippen LogP contribution in [-0.2, 0) is 16.1 Å². The SMILES string of the molecule is COCC(=O)N1CCC2(CC1)CN(Cc1ccc(Cl)cc1F)C[C@@H]2c1ccccc1. The third-order valence-electron chi connectivity index (χ3n) is 6.71. The lowest BCUT2D eigenvalue weighted by Gasteiger charge is -2.43. The molecule has 160 valence electrons. The van der Waals surface area contributed by atoms with Gasteiger partial charge in [0.1, 0.15) is 12.4 Å². The second-order valence-corrected chi connectivity index (χ2v) is 8.98. The first-order chi connectivity index (χ1) is 14.5. The minimum atomic E-state index is -0.250. The van der Waals surface area contributed by atoms with E-state index in [0.717, 1.165) is 39.0 Å². The third kappa shape index (κ3) is 4.39. The molecule has 0 aromatic heterocycles. The van der Waals surface area contributed by atoms with Crippen LogP contribution >= 0.6 is 11.6 Å². The predicted octanol–water partition coefficient (Wildman–Crippen LogP) is 4.33. The van der Waals surface area contributed by atoms with Gasteiger partial charge in [0.05, 0.1) is 0 Å². The average molecular weight is 431 g/mol. The van der Waals surface area contributed by atoms with Crippen LogP contribution in [0.15, 0.2) is 48.5 Å². The lowest BCUT2D eigenvalue weighted by atomic mass is 9.68. The average Bonchev–Trinajstić information content (AvgIpc) is 3.09. The molecule has 2 saturated heterocycles. The normalized spacial score (nSPS) is 21.3. The Bertz CT molecular complexity index is 884. The Morgan fingerprint density at radius 1 is 1.20 bits per heavy atom. The number of carbonyl (C=O) groups is 1. The predicted molar refractivity (Wildman–Crippen MR) is 116 cm³/mol. The van der Waals surface area contributed by atoms with E-state index in [0.29, 0.717) is 23.0 Å². The first kappa shape index (κ1) is 21.3. The van der Waals surface area contributed by atoms with Crippen molar-refractivity contribution < 1.29 is 13.9 Å². The minimum Gasteiger partial charge on any atom is -0.375 e. The summed E-state index contributed by atoms with van der Waals surface area (Å²) < 4.78 is 19.4. The fraction of sp³-hybridized carbons (Fsp3) is 0.458. The van der Waals surface area contributed by atoms with E-state index in [1.54, 1.807) is 19.2 Å². The van der Waals surface area contributed by atoms with Crippen LogP contribution in [0.2, 0.25) is 5.02 Å². The van der Waals surface area contributed by atoms with E-state index in [2.05, 4.69) is 29.2 Å². The lowest BCUT2D eigenvalue weighted by molar-refractivity contribution is -0.137. The van der Waals surface area contributed by atoms with Gasteiger partial charge in [0.2, 0.25) is 5.91 Å². The van der Waals surface area contributed by atoms with Gasteiger partial charge in [0.15, 0.2) is 0 Å². The van der Waals surface area contributed by atoms with E-state index in [1.807, 2.05) is 11.0 Å². The number of nitrogens with zero attached hydrogens (tertiary/aromatic N) is 2. The number of ether oxygens (including phenoxy) is 1. The zero-order valence-electron chi connectivity index (χ0n) is 17.3. The second-order valence-electron chi connectivity index (χ2n) is 8.54. The molecule has 6 heteroatoms. The summed E-state index contributed by atoms with van der Waals surface area (Å²) in [5.74, 6) is 0.176. The summed E-state index contributed by atoms with van der Waals surface area (Å²) in [6, 6.07) is 15.5. The molecule has 2 aliphatic heterocycles. The molecule has 0 unspecified atom stereocenters. The van der Waals surface area contributed by atoms with Gasteiger partial charge in [-0.2, -0.15) is 0 Å². The fourth-order valence-electron chi connectivity index (χ4n) is 5.15. The van der Waals surface area contributed by atoms with Gasteiger partial charge in [-0.3, -0.25) is 9.69 Å². The van der Waals surface area contributed by atoms with Gasteiger partial charge in [0.25, 0.3) is 0 Å². The van der Waals surface area contributed by atoms with Crippen molar-refractivity contribution in [3.05, 3.63) is 70.5 Å². The van der Waals surface area contributed by atoms with E-state index < -0.39 is 0 Å². The number of benzene rings is 2. The van der Waals surface area contributed by atoms with E-state index >= 15 is 0 Å². The highest BCUT2D eigenvalue weighted by Gasteiger charge is 2.48. The van der Waals surface area contributed by atoms with Crippen LogP contribution < -0.4 is 0 Å². The van der Waals surface area contributed by atoms with Crippen molar-refractivity contribution >= 4 is 17.5 Å². The molecule has 1 amide bonds. The molecule has 2 aromatic carbocycles. The summed E-state index contributed by atoms with van der Waals surface area (Å²) in [7, 11) is 1.56. The molecular weight excluding hydrogens is 403 g/mol. The molecule has 2 aromatic rings. The highest BCUT2D eigenvalue weighted by Crippen LogP contribution is 2.50. The maximum absolute atomic E-state index is 14.4. The van der Waals surface area contributed by atoms with Gasteiger partial charge in [-0.1, -0.05) is 48.0 Å². The number of rotatable bonds is 5. The van der Waals surface area contributed by atoms with E-state index in [4.69, 9.17) is 16.3 Å². The van der Waals surface area contributed by atoms with Gasteiger partial charge in [-0.15, -0.1) is 0 Å². The van der Waals surface area contributed by atoms with Crippen LogP contribution in [0.5, 0.6) is 0 Å². The van der Waals surface area contributed by atoms with Crippen molar-refractivity contribution in [1.82, 2.24) is 9.80 Å². The van der Waals surface area contributed by atoms with Crippen molar-refractivity contribution in [2.75, 3.05) is 39.9 Å². The van der Waals surface area contributed by atoms with Gasteiger partial charge in [0, 0.05) is 56.3 Å². The van der Waals surface area contributed by atoms with Crippen molar-refractivity contribution in [2.45, 2.75) is 25.3 Å². The molecule has 0 aliphatic carbocycles.